The predicted molar refractivity (Wildman–Crippen MR) is 129 cm³/mol. The molecule has 0 aliphatic rings. The van der Waals surface area contributed by atoms with Crippen molar-refractivity contribution in [3.05, 3.63) is 83.7 Å². The number of hydrogen-bond donors (Lipinski definition) is 2. The van der Waals surface area contributed by atoms with Crippen LogP contribution in [-0.2, 0) is 6.54 Å². The van der Waals surface area contributed by atoms with E-state index in [0.717, 1.165) is 16.5 Å². The van der Waals surface area contributed by atoms with Gasteiger partial charge >= 0.3 is 0 Å². The number of para-hydroxylation sites is 1. The Hall–Kier alpha value is -4.37. The highest BCUT2D eigenvalue weighted by Gasteiger charge is 2.20. The van der Waals surface area contributed by atoms with E-state index >= 15 is 0 Å². The fraction of sp³-hybridized carbons (Fsp3) is 0.0417. The van der Waals surface area contributed by atoms with Gasteiger partial charge < -0.3 is 5.73 Å². The second-order valence-corrected chi connectivity index (χ2v) is 8.15. The van der Waals surface area contributed by atoms with Gasteiger partial charge in [-0.3, -0.25) is 5.10 Å². The van der Waals surface area contributed by atoms with Gasteiger partial charge in [-0.2, -0.15) is 10.2 Å². The van der Waals surface area contributed by atoms with Gasteiger partial charge in [-0.05, 0) is 24.3 Å². The molecule has 0 aliphatic carbocycles. The molecule has 0 radical (unpaired) electrons. The third kappa shape index (κ3) is 3.25. The maximum atomic E-state index is 14.8. The van der Waals surface area contributed by atoms with Crippen molar-refractivity contribution in [2.75, 3.05) is 5.73 Å². The normalized spacial score (nSPS) is 11.5. The van der Waals surface area contributed by atoms with E-state index in [1.54, 1.807) is 41.3 Å². The van der Waals surface area contributed by atoms with Gasteiger partial charge in [-0.15, -0.1) is 0 Å². The lowest BCUT2D eigenvalue weighted by atomic mass is 10.0. The number of H-pyrrole nitrogens is 1. The van der Waals surface area contributed by atoms with Crippen LogP contribution in [-0.4, -0.2) is 34.9 Å². The number of aromatic amines is 1. The molecule has 8 nitrogen and oxygen atoms in total. The summed E-state index contributed by atoms with van der Waals surface area (Å²) in [7, 11) is 0. The highest BCUT2D eigenvalue weighted by molar-refractivity contribution is 6.35. The van der Waals surface area contributed by atoms with Crippen LogP contribution in [0.2, 0.25) is 5.02 Å². The van der Waals surface area contributed by atoms with Crippen molar-refractivity contribution in [2.24, 2.45) is 0 Å². The van der Waals surface area contributed by atoms with E-state index in [9.17, 15) is 4.39 Å². The zero-order chi connectivity index (χ0) is 23.2. The van der Waals surface area contributed by atoms with E-state index in [-0.39, 0.29) is 12.4 Å². The molecule has 0 atom stereocenters. The van der Waals surface area contributed by atoms with E-state index in [2.05, 4.69) is 20.2 Å². The summed E-state index contributed by atoms with van der Waals surface area (Å²) >= 11 is 6.41. The van der Waals surface area contributed by atoms with Gasteiger partial charge in [0.15, 0.2) is 5.65 Å². The number of anilines is 1. The Morgan fingerprint density at radius 2 is 1.94 bits per heavy atom. The second-order valence-electron chi connectivity index (χ2n) is 7.74. The van der Waals surface area contributed by atoms with Gasteiger partial charge in [0.05, 0.1) is 34.4 Å². The van der Waals surface area contributed by atoms with Crippen molar-refractivity contribution in [3.8, 4) is 22.5 Å². The summed E-state index contributed by atoms with van der Waals surface area (Å²) in [6, 6.07) is 14.0. The second kappa shape index (κ2) is 7.89. The average Bonchev–Trinajstić information content (AvgIpc) is 3.49. The molecule has 4 heterocycles. The first kappa shape index (κ1) is 20.3. The molecule has 0 fully saturated rings. The molecule has 0 aliphatic heterocycles. The van der Waals surface area contributed by atoms with Gasteiger partial charge in [0.1, 0.15) is 23.7 Å². The van der Waals surface area contributed by atoms with E-state index in [4.69, 9.17) is 27.4 Å². The Labute approximate surface area is 197 Å². The summed E-state index contributed by atoms with van der Waals surface area (Å²) in [6.07, 6.45) is 4.77. The van der Waals surface area contributed by atoms with Gasteiger partial charge in [0.2, 0.25) is 0 Å². The quantitative estimate of drug-likeness (QED) is 0.381. The molecule has 6 rings (SSSR count). The zero-order valence-corrected chi connectivity index (χ0v) is 18.3. The number of benzene rings is 2. The smallest absolute Gasteiger partial charge is 0.164 e. The van der Waals surface area contributed by atoms with Crippen molar-refractivity contribution in [1.82, 2.24) is 34.9 Å². The molecule has 10 heteroatoms. The standard InChI is InChI=1S/C24H16ClFN8/c25-17-6-3-4-13-8-14(20(32-21(13)17)16-5-1-2-7-18(16)26)11-34-24-19(23(27)28-12-29-24)22(33-34)15-9-30-31-10-15/h1-10,12H,11H2,(H,30,31)(H2,27,28,29). The Balaban J connectivity index is 1.59. The van der Waals surface area contributed by atoms with E-state index in [1.165, 1.54) is 12.4 Å². The molecule has 166 valence electrons. The molecule has 34 heavy (non-hydrogen) atoms. The van der Waals surface area contributed by atoms with Crippen molar-refractivity contribution in [3.63, 3.8) is 0 Å². The van der Waals surface area contributed by atoms with Crippen LogP contribution in [0, 0.1) is 5.82 Å². The molecular weight excluding hydrogens is 455 g/mol. The Morgan fingerprint density at radius 3 is 2.76 bits per heavy atom. The monoisotopic (exact) mass is 470 g/mol. The summed E-state index contributed by atoms with van der Waals surface area (Å²) < 4.78 is 16.6. The SMILES string of the molecule is Nc1ncnc2c1c(-c1cn[nH]c1)nn2Cc1cc2cccc(Cl)c2nc1-c1ccccc1F. The number of pyridine rings is 1. The fourth-order valence-corrected chi connectivity index (χ4v) is 4.32. The number of nitrogens with two attached hydrogens (primary N) is 1. The number of nitrogens with one attached hydrogen (secondary N) is 1. The third-order valence-electron chi connectivity index (χ3n) is 5.65. The minimum Gasteiger partial charge on any atom is -0.383 e. The van der Waals surface area contributed by atoms with Crippen LogP contribution >= 0.6 is 11.6 Å². The van der Waals surface area contributed by atoms with Crippen LogP contribution in [0.4, 0.5) is 10.2 Å². The van der Waals surface area contributed by atoms with Crippen molar-refractivity contribution >= 4 is 39.4 Å². The lowest BCUT2D eigenvalue weighted by Gasteiger charge is -2.13. The van der Waals surface area contributed by atoms with Crippen LogP contribution < -0.4 is 5.73 Å². The summed E-state index contributed by atoms with van der Waals surface area (Å²) in [5.41, 5.74) is 10.3. The maximum Gasteiger partial charge on any atom is 0.164 e. The van der Waals surface area contributed by atoms with Crippen LogP contribution in [0.25, 0.3) is 44.5 Å². The van der Waals surface area contributed by atoms with Gasteiger partial charge in [0, 0.05) is 28.3 Å². The number of rotatable bonds is 4. The van der Waals surface area contributed by atoms with Gasteiger partial charge in [-0.1, -0.05) is 35.9 Å². The molecule has 4 aromatic heterocycles. The van der Waals surface area contributed by atoms with E-state index < -0.39 is 0 Å². The highest BCUT2D eigenvalue weighted by Crippen LogP contribution is 2.33. The lowest BCUT2D eigenvalue weighted by Crippen LogP contribution is -2.06. The molecule has 0 spiro atoms. The molecule has 0 saturated heterocycles. The minimum absolute atomic E-state index is 0.268. The molecule has 2 aromatic carbocycles. The van der Waals surface area contributed by atoms with Crippen molar-refractivity contribution in [1.29, 1.82) is 0 Å². The highest BCUT2D eigenvalue weighted by atomic mass is 35.5. The van der Waals surface area contributed by atoms with Crippen LogP contribution in [0.5, 0.6) is 0 Å². The van der Waals surface area contributed by atoms with Crippen LogP contribution in [0.1, 0.15) is 5.56 Å². The van der Waals surface area contributed by atoms with Gasteiger partial charge in [-0.25, -0.2) is 24.0 Å². The molecule has 3 N–H and O–H groups in total. The maximum absolute atomic E-state index is 14.8. The zero-order valence-electron chi connectivity index (χ0n) is 17.6. The van der Waals surface area contributed by atoms with Crippen LogP contribution in [0.15, 0.2) is 67.3 Å². The first-order valence-electron chi connectivity index (χ1n) is 10.4. The Bertz CT molecular complexity index is 1680. The predicted octanol–water partition coefficient (Wildman–Crippen LogP) is 4.85. The number of nitrogen functional groups attached to an aromatic ring is 1. The van der Waals surface area contributed by atoms with E-state index in [1.807, 2.05) is 18.2 Å². The number of nitrogens with zero attached hydrogens (tertiary/aromatic N) is 6. The Morgan fingerprint density at radius 1 is 1.06 bits per heavy atom. The molecule has 0 saturated carbocycles. The third-order valence-corrected chi connectivity index (χ3v) is 5.96. The van der Waals surface area contributed by atoms with Gasteiger partial charge in [0.25, 0.3) is 0 Å². The molecule has 0 amide bonds. The molecular formula is C24H16ClFN8. The molecule has 6 aromatic rings. The summed E-state index contributed by atoms with van der Waals surface area (Å²) in [5.74, 6) is -0.0659. The lowest BCUT2D eigenvalue weighted by molar-refractivity contribution is 0.630. The van der Waals surface area contributed by atoms with Crippen molar-refractivity contribution in [2.45, 2.75) is 6.54 Å². The summed E-state index contributed by atoms with van der Waals surface area (Å²) in [4.78, 5) is 13.3. The molecule has 0 bridgehead atoms. The number of fused-ring (bicyclic) bond motifs is 2. The summed E-state index contributed by atoms with van der Waals surface area (Å²) in [5, 5.41) is 13.5. The van der Waals surface area contributed by atoms with Crippen LogP contribution in [0.3, 0.4) is 0 Å². The first-order valence-corrected chi connectivity index (χ1v) is 10.8. The molecule has 0 unspecified atom stereocenters. The Kier molecular flexibility index (Phi) is 4.70. The number of hydrogen-bond acceptors (Lipinski definition) is 6. The average molecular weight is 471 g/mol. The first-order chi connectivity index (χ1) is 16.6. The minimum atomic E-state index is -0.376. The number of halogens is 2. The van der Waals surface area contributed by atoms with Crippen molar-refractivity contribution < 1.29 is 4.39 Å². The summed E-state index contributed by atoms with van der Waals surface area (Å²) in [6.45, 7) is 0.268. The fourth-order valence-electron chi connectivity index (χ4n) is 4.10. The topological polar surface area (TPSA) is 111 Å². The largest absolute Gasteiger partial charge is 0.383 e. The number of aromatic nitrogens is 7. The van der Waals surface area contributed by atoms with E-state index in [0.29, 0.717) is 44.3 Å².